The van der Waals surface area contributed by atoms with Gasteiger partial charge in [0.05, 0.1) is 17.9 Å². The van der Waals surface area contributed by atoms with E-state index in [0.29, 0.717) is 35.8 Å². The highest BCUT2D eigenvalue weighted by Crippen LogP contribution is 2.26. The number of aromatic amines is 1. The van der Waals surface area contributed by atoms with Gasteiger partial charge in [0.15, 0.2) is 11.3 Å². The van der Waals surface area contributed by atoms with Gasteiger partial charge in [-0.1, -0.05) is 26.0 Å². The second-order valence-electron chi connectivity index (χ2n) is 5.37. The lowest BCUT2D eigenvalue weighted by molar-refractivity contribution is 0.318. The number of imidazole rings is 1. The number of H-pyrrole nitrogens is 1. The van der Waals surface area contributed by atoms with Crippen LogP contribution in [0.25, 0.3) is 16.9 Å². The fourth-order valence-electron chi connectivity index (χ4n) is 2.59. The molecule has 0 radical (unpaired) electrons. The molecule has 0 aliphatic rings. The molecular weight excluding hydrogens is 292 g/mol. The number of fused-ring (bicyclic) bond motifs is 1. The number of para-hydroxylation sites is 1. The summed E-state index contributed by atoms with van der Waals surface area (Å²) in [6, 6.07) is 7.59. The number of hydrogen-bond donors (Lipinski definition) is 1. The van der Waals surface area contributed by atoms with Crippen molar-refractivity contribution in [1.82, 2.24) is 19.6 Å². The first-order valence-corrected chi connectivity index (χ1v) is 7.86. The molecule has 1 aromatic carbocycles. The van der Waals surface area contributed by atoms with Crippen molar-refractivity contribution < 1.29 is 4.74 Å². The Hall–Kier alpha value is -2.63. The summed E-state index contributed by atoms with van der Waals surface area (Å²) in [6.45, 7) is 6.49. The van der Waals surface area contributed by atoms with Crippen molar-refractivity contribution in [1.29, 1.82) is 0 Å². The molecule has 3 rings (SSSR count). The summed E-state index contributed by atoms with van der Waals surface area (Å²) in [4.78, 5) is 19.7. The Bertz CT molecular complexity index is 895. The molecule has 0 spiro atoms. The van der Waals surface area contributed by atoms with E-state index in [4.69, 9.17) is 4.74 Å². The summed E-state index contributed by atoms with van der Waals surface area (Å²) >= 11 is 0. The van der Waals surface area contributed by atoms with E-state index in [1.165, 1.54) is 0 Å². The SMILES string of the molecule is CCCOc1ccccc1-c1nn2c(CC)nc(C)c2c(=O)[nH]1. The molecule has 6 nitrogen and oxygen atoms in total. The molecule has 2 heterocycles. The Kier molecular flexibility index (Phi) is 4.14. The fraction of sp³-hybridized carbons (Fsp3) is 0.353. The molecule has 0 atom stereocenters. The molecule has 6 heteroatoms. The summed E-state index contributed by atoms with van der Waals surface area (Å²) in [5.74, 6) is 1.98. The van der Waals surface area contributed by atoms with E-state index in [1.807, 2.05) is 38.1 Å². The van der Waals surface area contributed by atoms with Gasteiger partial charge in [0.25, 0.3) is 5.56 Å². The van der Waals surface area contributed by atoms with Crippen LogP contribution in [0.5, 0.6) is 5.75 Å². The Morgan fingerprint density at radius 1 is 1.26 bits per heavy atom. The van der Waals surface area contributed by atoms with Crippen LogP contribution < -0.4 is 10.3 Å². The Morgan fingerprint density at radius 3 is 2.78 bits per heavy atom. The van der Waals surface area contributed by atoms with Crippen molar-refractivity contribution >= 4 is 5.52 Å². The van der Waals surface area contributed by atoms with Crippen LogP contribution in [0, 0.1) is 6.92 Å². The Labute approximate surface area is 134 Å². The third-order valence-electron chi connectivity index (χ3n) is 3.66. The van der Waals surface area contributed by atoms with Crippen molar-refractivity contribution in [3.05, 3.63) is 46.1 Å². The van der Waals surface area contributed by atoms with Crippen LogP contribution in [0.3, 0.4) is 0 Å². The molecule has 0 bridgehead atoms. The van der Waals surface area contributed by atoms with Gasteiger partial charge in [-0.05, 0) is 25.5 Å². The maximum atomic E-state index is 12.5. The van der Waals surface area contributed by atoms with Gasteiger partial charge >= 0.3 is 0 Å². The van der Waals surface area contributed by atoms with E-state index in [1.54, 1.807) is 4.52 Å². The average Bonchev–Trinajstić information content (AvgIpc) is 2.89. The number of aryl methyl sites for hydroxylation is 2. The fourth-order valence-corrected chi connectivity index (χ4v) is 2.59. The van der Waals surface area contributed by atoms with Crippen LogP contribution in [-0.2, 0) is 6.42 Å². The standard InChI is InChI=1S/C17H20N4O2/c1-4-10-23-13-9-7-6-8-12(13)16-19-17(22)15-11(3)18-14(5-2)21(15)20-16/h6-9H,4-5,10H2,1-3H3,(H,19,20,22). The molecule has 1 N–H and O–H groups in total. The zero-order chi connectivity index (χ0) is 16.4. The molecule has 2 aromatic heterocycles. The Morgan fingerprint density at radius 2 is 2.04 bits per heavy atom. The molecule has 0 fully saturated rings. The van der Waals surface area contributed by atoms with Crippen molar-refractivity contribution in [3.63, 3.8) is 0 Å². The van der Waals surface area contributed by atoms with Crippen LogP contribution in [0.2, 0.25) is 0 Å². The third-order valence-corrected chi connectivity index (χ3v) is 3.66. The topological polar surface area (TPSA) is 72.3 Å². The molecule has 120 valence electrons. The normalized spacial score (nSPS) is 11.1. The summed E-state index contributed by atoms with van der Waals surface area (Å²) in [5.41, 5.74) is 1.77. The van der Waals surface area contributed by atoms with Gasteiger partial charge in [0.1, 0.15) is 11.6 Å². The van der Waals surface area contributed by atoms with E-state index in [-0.39, 0.29) is 5.56 Å². The number of ether oxygens (including phenoxy) is 1. The van der Waals surface area contributed by atoms with E-state index in [9.17, 15) is 4.79 Å². The lowest BCUT2D eigenvalue weighted by Gasteiger charge is -2.10. The number of aromatic nitrogens is 4. The molecule has 0 aliphatic heterocycles. The highest BCUT2D eigenvalue weighted by Gasteiger charge is 2.15. The maximum Gasteiger partial charge on any atom is 0.277 e. The van der Waals surface area contributed by atoms with Gasteiger partial charge < -0.3 is 9.72 Å². The van der Waals surface area contributed by atoms with Crippen LogP contribution in [-0.4, -0.2) is 26.2 Å². The largest absolute Gasteiger partial charge is 0.493 e. The number of nitrogens with zero attached hydrogens (tertiary/aromatic N) is 3. The lowest BCUT2D eigenvalue weighted by Crippen LogP contribution is -2.15. The minimum Gasteiger partial charge on any atom is -0.493 e. The quantitative estimate of drug-likeness (QED) is 0.786. The highest BCUT2D eigenvalue weighted by atomic mass is 16.5. The molecule has 23 heavy (non-hydrogen) atoms. The highest BCUT2D eigenvalue weighted by molar-refractivity contribution is 5.64. The first kappa shape index (κ1) is 15.3. The zero-order valence-corrected chi connectivity index (χ0v) is 13.6. The number of hydrogen-bond acceptors (Lipinski definition) is 4. The van der Waals surface area contributed by atoms with Gasteiger partial charge in [-0.15, -0.1) is 5.10 Å². The van der Waals surface area contributed by atoms with E-state index in [2.05, 4.69) is 22.0 Å². The minimum atomic E-state index is -0.190. The van der Waals surface area contributed by atoms with Gasteiger partial charge in [0, 0.05) is 6.42 Å². The minimum absolute atomic E-state index is 0.190. The summed E-state index contributed by atoms with van der Waals surface area (Å²) in [5, 5.41) is 4.59. The van der Waals surface area contributed by atoms with E-state index < -0.39 is 0 Å². The van der Waals surface area contributed by atoms with E-state index >= 15 is 0 Å². The summed E-state index contributed by atoms with van der Waals surface area (Å²) < 4.78 is 7.41. The summed E-state index contributed by atoms with van der Waals surface area (Å²) in [6.07, 6.45) is 1.62. The second-order valence-corrected chi connectivity index (χ2v) is 5.37. The molecule has 0 amide bonds. The molecular formula is C17H20N4O2. The second kappa shape index (κ2) is 6.24. The molecule has 0 unspecified atom stereocenters. The zero-order valence-electron chi connectivity index (χ0n) is 13.6. The van der Waals surface area contributed by atoms with Crippen LogP contribution in [0.4, 0.5) is 0 Å². The Balaban J connectivity index is 2.20. The van der Waals surface area contributed by atoms with Gasteiger partial charge in [-0.25, -0.2) is 9.50 Å². The molecule has 0 aliphatic carbocycles. The predicted octanol–water partition coefficient (Wildman–Crippen LogP) is 2.74. The van der Waals surface area contributed by atoms with Crippen molar-refractivity contribution in [3.8, 4) is 17.1 Å². The number of benzene rings is 1. The van der Waals surface area contributed by atoms with Crippen LogP contribution >= 0.6 is 0 Å². The smallest absolute Gasteiger partial charge is 0.277 e. The number of rotatable bonds is 5. The van der Waals surface area contributed by atoms with Gasteiger partial charge in [-0.3, -0.25) is 4.79 Å². The van der Waals surface area contributed by atoms with Crippen LogP contribution in [0.15, 0.2) is 29.1 Å². The molecule has 0 saturated heterocycles. The van der Waals surface area contributed by atoms with Gasteiger partial charge in [0.2, 0.25) is 0 Å². The van der Waals surface area contributed by atoms with E-state index in [0.717, 1.165) is 17.8 Å². The number of nitrogens with one attached hydrogen (secondary N) is 1. The average molecular weight is 312 g/mol. The molecule has 0 saturated carbocycles. The first-order valence-electron chi connectivity index (χ1n) is 7.86. The van der Waals surface area contributed by atoms with Gasteiger partial charge in [-0.2, -0.15) is 0 Å². The van der Waals surface area contributed by atoms with Crippen molar-refractivity contribution in [2.45, 2.75) is 33.6 Å². The first-order chi connectivity index (χ1) is 11.2. The third kappa shape index (κ3) is 2.72. The summed E-state index contributed by atoms with van der Waals surface area (Å²) in [7, 11) is 0. The lowest BCUT2D eigenvalue weighted by atomic mass is 10.2. The monoisotopic (exact) mass is 312 g/mol. The van der Waals surface area contributed by atoms with Crippen LogP contribution in [0.1, 0.15) is 31.8 Å². The maximum absolute atomic E-state index is 12.5. The molecule has 3 aromatic rings. The van der Waals surface area contributed by atoms with Crippen molar-refractivity contribution in [2.75, 3.05) is 6.61 Å². The predicted molar refractivity (Wildman–Crippen MR) is 88.9 cm³/mol. The van der Waals surface area contributed by atoms with Crippen molar-refractivity contribution in [2.24, 2.45) is 0 Å².